The molecule has 0 aliphatic carbocycles. The van der Waals surface area contributed by atoms with Crippen molar-refractivity contribution in [1.29, 1.82) is 0 Å². The zero-order chi connectivity index (χ0) is 16.4. The van der Waals surface area contributed by atoms with Gasteiger partial charge in [0.15, 0.2) is 0 Å². The fraction of sp³-hybridized carbons (Fsp3) is 0.417. The predicted molar refractivity (Wildman–Crippen MR) is 62.2 cm³/mol. The molecule has 0 heterocycles. The summed E-state index contributed by atoms with van der Waals surface area (Å²) in [5.74, 6) is -1.66. The highest BCUT2D eigenvalue weighted by Gasteiger charge is 2.33. The van der Waals surface area contributed by atoms with Gasteiger partial charge in [0.1, 0.15) is 0 Å². The molecule has 0 bridgehead atoms. The Morgan fingerprint density at radius 3 is 2.24 bits per heavy atom. The maximum absolute atomic E-state index is 12.5. The summed E-state index contributed by atoms with van der Waals surface area (Å²) in [4.78, 5) is 10.9. The van der Waals surface area contributed by atoms with Gasteiger partial charge in [0.05, 0.1) is 17.5 Å². The van der Waals surface area contributed by atoms with E-state index in [-0.39, 0.29) is 5.69 Å². The average molecular weight is 315 g/mol. The second-order valence-electron chi connectivity index (χ2n) is 4.43. The van der Waals surface area contributed by atoms with Crippen LogP contribution in [0.2, 0.25) is 0 Å². The molecule has 9 heteroatoms. The summed E-state index contributed by atoms with van der Waals surface area (Å²) < 4.78 is 74.0. The standard InChI is InChI=1S/C12H11F6NO2/c1-6(5-11(13,14)15)19-9-3-2-7(12(16,17)18)4-8(9)10(20)21/h2-4,6,19H,5H2,1H3,(H,20,21). The van der Waals surface area contributed by atoms with Crippen LogP contribution in [-0.2, 0) is 6.18 Å². The van der Waals surface area contributed by atoms with Crippen LogP contribution < -0.4 is 5.32 Å². The minimum atomic E-state index is -4.74. The van der Waals surface area contributed by atoms with Crippen LogP contribution in [0, 0.1) is 0 Å². The van der Waals surface area contributed by atoms with Gasteiger partial charge in [-0.2, -0.15) is 26.3 Å². The highest BCUT2D eigenvalue weighted by Crippen LogP contribution is 2.32. The van der Waals surface area contributed by atoms with Crippen LogP contribution in [0.3, 0.4) is 0 Å². The largest absolute Gasteiger partial charge is 0.478 e. The van der Waals surface area contributed by atoms with E-state index < -0.39 is 41.9 Å². The summed E-state index contributed by atoms with van der Waals surface area (Å²) >= 11 is 0. The predicted octanol–water partition coefficient (Wildman–Crippen LogP) is 4.16. The Bertz CT molecular complexity index is 523. The number of aromatic carboxylic acids is 1. The number of hydrogen-bond acceptors (Lipinski definition) is 2. The van der Waals surface area contributed by atoms with Crippen molar-refractivity contribution in [1.82, 2.24) is 0 Å². The second-order valence-corrected chi connectivity index (χ2v) is 4.43. The van der Waals surface area contributed by atoms with Crippen molar-refractivity contribution in [2.75, 3.05) is 5.32 Å². The summed E-state index contributed by atoms with van der Waals surface area (Å²) in [6.07, 6.45) is -10.4. The molecule has 0 fully saturated rings. The minimum Gasteiger partial charge on any atom is -0.478 e. The monoisotopic (exact) mass is 315 g/mol. The van der Waals surface area contributed by atoms with Crippen molar-refractivity contribution in [3.8, 4) is 0 Å². The lowest BCUT2D eigenvalue weighted by Crippen LogP contribution is -2.25. The average Bonchev–Trinajstić information content (AvgIpc) is 2.24. The number of benzene rings is 1. The SMILES string of the molecule is CC(CC(F)(F)F)Nc1ccc(C(F)(F)F)cc1C(=O)O. The number of rotatable bonds is 4. The first kappa shape index (κ1) is 17.1. The zero-order valence-corrected chi connectivity index (χ0v) is 10.6. The topological polar surface area (TPSA) is 49.3 Å². The molecule has 0 amide bonds. The van der Waals surface area contributed by atoms with Crippen LogP contribution in [0.25, 0.3) is 0 Å². The summed E-state index contributed by atoms with van der Waals surface area (Å²) in [7, 11) is 0. The van der Waals surface area contributed by atoms with Crippen LogP contribution in [0.4, 0.5) is 32.0 Å². The maximum Gasteiger partial charge on any atom is 0.416 e. The van der Waals surface area contributed by atoms with Crippen molar-refractivity contribution in [2.24, 2.45) is 0 Å². The van der Waals surface area contributed by atoms with Crippen molar-refractivity contribution in [2.45, 2.75) is 31.7 Å². The van der Waals surface area contributed by atoms with E-state index in [0.29, 0.717) is 12.1 Å². The number of anilines is 1. The number of carboxylic acid groups (broad SMARTS) is 1. The third-order valence-corrected chi connectivity index (χ3v) is 2.52. The zero-order valence-electron chi connectivity index (χ0n) is 10.6. The van der Waals surface area contributed by atoms with Crippen molar-refractivity contribution >= 4 is 11.7 Å². The molecule has 21 heavy (non-hydrogen) atoms. The van der Waals surface area contributed by atoms with E-state index in [1.54, 1.807) is 0 Å². The Morgan fingerprint density at radius 2 is 1.81 bits per heavy atom. The molecular weight excluding hydrogens is 304 g/mol. The molecule has 0 saturated heterocycles. The van der Waals surface area contributed by atoms with Gasteiger partial charge in [0.2, 0.25) is 0 Å². The lowest BCUT2D eigenvalue weighted by atomic mass is 10.1. The maximum atomic E-state index is 12.5. The molecule has 0 aromatic heterocycles. The van der Waals surface area contributed by atoms with E-state index >= 15 is 0 Å². The van der Waals surface area contributed by atoms with E-state index in [2.05, 4.69) is 5.32 Å². The molecule has 0 spiro atoms. The van der Waals surface area contributed by atoms with E-state index in [9.17, 15) is 31.1 Å². The second kappa shape index (κ2) is 5.82. The molecule has 0 aliphatic heterocycles. The van der Waals surface area contributed by atoms with Crippen molar-refractivity contribution in [3.05, 3.63) is 29.3 Å². The Hall–Kier alpha value is -1.93. The molecule has 2 N–H and O–H groups in total. The molecular formula is C12H11F6NO2. The van der Waals surface area contributed by atoms with Crippen molar-refractivity contribution in [3.63, 3.8) is 0 Å². The number of carboxylic acids is 1. The van der Waals surface area contributed by atoms with Crippen LogP contribution in [-0.4, -0.2) is 23.3 Å². The van der Waals surface area contributed by atoms with Gasteiger partial charge in [-0.1, -0.05) is 0 Å². The van der Waals surface area contributed by atoms with E-state index in [1.807, 2.05) is 0 Å². The van der Waals surface area contributed by atoms with E-state index in [4.69, 9.17) is 5.11 Å². The van der Waals surface area contributed by atoms with Gasteiger partial charge < -0.3 is 10.4 Å². The summed E-state index contributed by atoms with van der Waals surface area (Å²) in [6, 6.07) is 0.610. The first-order valence-electron chi connectivity index (χ1n) is 5.68. The van der Waals surface area contributed by atoms with Crippen LogP contribution >= 0.6 is 0 Å². The Kier molecular flexibility index (Phi) is 4.75. The van der Waals surface area contributed by atoms with Gasteiger partial charge in [0.25, 0.3) is 0 Å². The number of hydrogen-bond donors (Lipinski definition) is 2. The Balaban J connectivity index is 3.05. The Labute approximate surface area is 115 Å². The molecule has 1 aromatic rings. The van der Waals surface area contributed by atoms with Gasteiger partial charge in [0, 0.05) is 11.7 Å². The number of halogens is 6. The van der Waals surface area contributed by atoms with Gasteiger partial charge in [-0.25, -0.2) is 4.79 Å². The first-order valence-corrected chi connectivity index (χ1v) is 5.68. The molecule has 1 rings (SSSR count). The summed E-state index contributed by atoms with van der Waals surface area (Å²) in [5.41, 5.74) is -2.22. The summed E-state index contributed by atoms with van der Waals surface area (Å²) in [6.45, 7) is 1.15. The lowest BCUT2D eigenvalue weighted by molar-refractivity contribution is -0.137. The summed E-state index contributed by atoms with van der Waals surface area (Å²) in [5, 5.41) is 11.1. The smallest absolute Gasteiger partial charge is 0.416 e. The van der Waals surface area contributed by atoms with Crippen LogP contribution in [0.1, 0.15) is 29.3 Å². The Morgan fingerprint density at radius 1 is 1.24 bits per heavy atom. The highest BCUT2D eigenvalue weighted by molar-refractivity contribution is 5.94. The lowest BCUT2D eigenvalue weighted by Gasteiger charge is -2.19. The van der Waals surface area contributed by atoms with Gasteiger partial charge in [-0.3, -0.25) is 0 Å². The van der Waals surface area contributed by atoms with Crippen LogP contribution in [0.5, 0.6) is 0 Å². The number of alkyl halides is 6. The van der Waals surface area contributed by atoms with Gasteiger partial charge in [-0.05, 0) is 25.1 Å². The molecule has 1 unspecified atom stereocenters. The van der Waals surface area contributed by atoms with Crippen molar-refractivity contribution < 1.29 is 36.2 Å². The number of carbonyl (C=O) groups is 1. The van der Waals surface area contributed by atoms with E-state index in [1.165, 1.54) is 0 Å². The quantitative estimate of drug-likeness (QED) is 0.820. The molecule has 3 nitrogen and oxygen atoms in total. The fourth-order valence-corrected chi connectivity index (χ4v) is 1.69. The van der Waals surface area contributed by atoms with E-state index in [0.717, 1.165) is 13.0 Å². The molecule has 0 aliphatic rings. The van der Waals surface area contributed by atoms with Crippen LogP contribution in [0.15, 0.2) is 18.2 Å². The highest BCUT2D eigenvalue weighted by atomic mass is 19.4. The molecule has 0 saturated carbocycles. The molecule has 1 aromatic carbocycles. The fourth-order valence-electron chi connectivity index (χ4n) is 1.69. The minimum absolute atomic E-state index is 0.299. The first-order chi connectivity index (χ1) is 9.40. The van der Waals surface area contributed by atoms with Gasteiger partial charge >= 0.3 is 18.3 Å². The third-order valence-electron chi connectivity index (χ3n) is 2.52. The molecule has 1 atom stereocenters. The molecule has 118 valence electrons. The van der Waals surface area contributed by atoms with Gasteiger partial charge in [-0.15, -0.1) is 0 Å². The normalized spacial score (nSPS) is 13.9. The third kappa shape index (κ3) is 5.16. The number of nitrogens with one attached hydrogen (secondary N) is 1. The molecule has 0 radical (unpaired) electrons.